The molecule has 1 aromatic heterocycles. The summed E-state index contributed by atoms with van der Waals surface area (Å²) in [6.45, 7) is 0. The first-order valence-electron chi connectivity index (χ1n) is 10.1. The van der Waals surface area contributed by atoms with Gasteiger partial charge in [0, 0.05) is 21.7 Å². The summed E-state index contributed by atoms with van der Waals surface area (Å²) >= 11 is 0. The molecule has 0 saturated heterocycles. The van der Waals surface area contributed by atoms with Crippen LogP contribution in [0.2, 0.25) is 0 Å². The predicted molar refractivity (Wildman–Crippen MR) is 124 cm³/mol. The molecule has 0 atom stereocenters. The highest BCUT2D eigenvalue weighted by Gasteiger charge is 2.20. The highest BCUT2D eigenvalue weighted by atomic mass is 19.1. The maximum Gasteiger partial charge on any atom is 0.168 e. The molecule has 0 amide bonds. The highest BCUT2D eigenvalue weighted by molar-refractivity contribution is 6.12. The molecule has 0 aliphatic carbocycles. The Labute approximate surface area is 184 Å². The Morgan fingerprint density at radius 1 is 0.719 bits per heavy atom. The van der Waals surface area contributed by atoms with Crippen molar-refractivity contribution >= 4 is 21.7 Å². The van der Waals surface area contributed by atoms with Gasteiger partial charge in [-0.2, -0.15) is 5.10 Å². The molecule has 5 rings (SSSR count). The number of rotatable bonds is 5. The van der Waals surface area contributed by atoms with Gasteiger partial charge in [-0.1, -0.05) is 12.1 Å². The van der Waals surface area contributed by atoms with Crippen LogP contribution in [0.25, 0.3) is 38.6 Å². The average Bonchev–Trinajstić information content (AvgIpc) is 3.23. The maximum atomic E-state index is 14.7. The Bertz CT molecular complexity index is 1440. The number of fused-ring (bicyclic) bond motifs is 3. The van der Waals surface area contributed by atoms with Crippen molar-refractivity contribution in [3.05, 3.63) is 78.6 Å². The zero-order valence-electron chi connectivity index (χ0n) is 17.9. The third-order valence-corrected chi connectivity index (χ3v) is 5.62. The van der Waals surface area contributed by atoms with E-state index in [0.717, 1.165) is 33.1 Å². The van der Waals surface area contributed by atoms with Crippen LogP contribution in [0.5, 0.6) is 17.2 Å². The topological polar surface area (TPSA) is 45.5 Å². The van der Waals surface area contributed by atoms with Crippen molar-refractivity contribution in [2.24, 2.45) is 0 Å². The highest BCUT2D eigenvalue weighted by Crippen LogP contribution is 2.41. The standard InChI is InChI=1S/C26H21FN2O3/c1-30-17-10-8-16(9-11-17)29-25-18-14-15-23(31-2)26(32-3)19(18)12-13-21(25)24(28-29)20-6-4-5-7-22(20)27/h4-15H,1-3H3. The molecule has 6 heteroatoms. The SMILES string of the molecule is COc1ccc(-n2nc(-c3ccccc3F)c3ccc4c(OC)c(OC)ccc4c32)cc1. The molecule has 160 valence electrons. The Morgan fingerprint density at radius 2 is 1.44 bits per heavy atom. The van der Waals surface area contributed by atoms with E-state index in [1.54, 1.807) is 33.5 Å². The number of halogens is 1. The molecule has 1 heterocycles. The summed E-state index contributed by atoms with van der Waals surface area (Å²) in [4.78, 5) is 0. The van der Waals surface area contributed by atoms with E-state index in [0.29, 0.717) is 22.8 Å². The second-order valence-electron chi connectivity index (χ2n) is 7.30. The summed E-state index contributed by atoms with van der Waals surface area (Å²) in [7, 11) is 4.86. The van der Waals surface area contributed by atoms with Crippen LogP contribution in [0.3, 0.4) is 0 Å². The van der Waals surface area contributed by atoms with Gasteiger partial charge in [-0.3, -0.25) is 0 Å². The van der Waals surface area contributed by atoms with Crippen LogP contribution in [0, 0.1) is 5.82 Å². The van der Waals surface area contributed by atoms with Crippen molar-refractivity contribution in [2.45, 2.75) is 0 Å². The lowest BCUT2D eigenvalue weighted by Crippen LogP contribution is -1.98. The van der Waals surface area contributed by atoms with Gasteiger partial charge in [-0.25, -0.2) is 9.07 Å². The smallest absolute Gasteiger partial charge is 0.168 e. The van der Waals surface area contributed by atoms with Crippen LogP contribution in [0.15, 0.2) is 72.8 Å². The predicted octanol–water partition coefficient (Wildman–Crippen LogP) is 6.01. The fourth-order valence-electron chi connectivity index (χ4n) is 4.10. The van der Waals surface area contributed by atoms with Crippen LogP contribution in [-0.4, -0.2) is 31.1 Å². The quantitative estimate of drug-likeness (QED) is 0.344. The van der Waals surface area contributed by atoms with E-state index < -0.39 is 0 Å². The van der Waals surface area contributed by atoms with Crippen molar-refractivity contribution in [3.8, 4) is 34.2 Å². The first-order chi connectivity index (χ1) is 15.7. The summed E-state index contributed by atoms with van der Waals surface area (Å²) in [6.07, 6.45) is 0. The summed E-state index contributed by atoms with van der Waals surface area (Å²) in [5.74, 6) is 1.71. The molecule has 0 bridgehead atoms. The second-order valence-corrected chi connectivity index (χ2v) is 7.30. The fourth-order valence-corrected chi connectivity index (χ4v) is 4.10. The van der Waals surface area contributed by atoms with Crippen LogP contribution < -0.4 is 14.2 Å². The maximum absolute atomic E-state index is 14.7. The van der Waals surface area contributed by atoms with Crippen molar-refractivity contribution in [2.75, 3.05) is 21.3 Å². The third kappa shape index (κ3) is 3.03. The van der Waals surface area contributed by atoms with Crippen molar-refractivity contribution in [1.82, 2.24) is 9.78 Å². The Balaban J connectivity index is 1.89. The van der Waals surface area contributed by atoms with Gasteiger partial charge < -0.3 is 14.2 Å². The first-order valence-corrected chi connectivity index (χ1v) is 10.1. The van der Waals surface area contributed by atoms with Crippen molar-refractivity contribution in [3.63, 3.8) is 0 Å². The van der Waals surface area contributed by atoms with Gasteiger partial charge in [0.15, 0.2) is 11.5 Å². The molecule has 0 aliphatic rings. The molecule has 0 saturated carbocycles. The molecule has 0 spiro atoms. The van der Waals surface area contributed by atoms with E-state index in [2.05, 4.69) is 0 Å². The molecule has 0 radical (unpaired) electrons. The van der Waals surface area contributed by atoms with Gasteiger partial charge >= 0.3 is 0 Å². The minimum atomic E-state index is -0.318. The van der Waals surface area contributed by atoms with Gasteiger partial charge in [0.05, 0.1) is 32.5 Å². The Morgan fingerprint density at radius 3 is 2.12 bits per heavy atom. The fraction of sp³-hybridized carbons (Fsp3) is 0.115. The normalized spacial score (nSPS) is 11.1. The monoisotopic (exact) mass is 428 g/mol. The number of nitrogens with zero attached hydrogens (tertiary/aromatic N) is 2. The van der Waals surface area contributed by atoms with E-state index in [-0.39, 0.29) is 5.82 Å². The molecule has 5 aromatic rings. The lowest BCUT2D eigenvalue weighted by molar-refractivity contribution is 0.358. The number of hydrogen-bond donors (Lipinski definition) is 0. The number of hydrogen-bond acceptors (Lipinski definition) is 4. The average molecular weight is 428 g/mol. The summed E-state index contributed by atoms with van der Waals surface area (Å²) in [5.41, 5.74) is 2.71. The third-order valence-electron chi connectivity index (χ3n) is 5.62. The van der Waals surface area contributed by atoms with Crippen LogP contribution in [0.1, 0.15) is 0 Å². The molecule has 4 aromatic carbocycles. The van der Waals surface area contributed by atoms with Crippen LogP contribution >= 0.6 is 0 Å². The van der Waals surface area contributed by atoms with E-state index in [1.165, 1.54) is 6.07 Å². The molecule has 5 nitrogen and oxygen atoms in total. The van der Waals surface area contributed by atoms with Gasteiger partial charge in [0.1, 0.15) is 17.3 Å². The van der Waals surface area contributed by atoms with E-state index >= 15 is 0 Å². The van der Waals surface area contributed by atoms with Crippen molar-refractivity contribution in [1.29, 1.82) is 0 Å². The summed E-state index contributed by atoms with van der Waals surface area (Å²) < 4.78 is 33.0. The molecular formula is C26H21FN2O3. The largest absolute Gasteiger partial charge is 0.497 e. The minimum Gasteiger partial charge on any atom is -0.497 e. The van der Waals surface area contributed by atoms with Crippen LogP contribution in [0.4, 0.5) is 4.39 Å². The zero-order chi connectivity index (χ0) is 22.2. The van der Waals surface area contributed by atoms with Gasteiger partial charge in [-0.05, 0) is 60.7 Å². The van der Waals surface area contributed by atoms with E-state index in [1.807, 2.05) is 59.3 Å². The lowest BCUT2D eigenvalue weighted by atomic mass is 10.0. The van der Waals surface area contributed by atoms with E-state index in [9.17, 15) is 4.39 Å². The van der Waals surface area contributed by atoms with Gasteiger partial charge in [0.25, 0.3) is 0 Å². The molecule has 0 fully saturated rings. The number of aromatic nitrogens is 2. The molecule has 32 heavy (non-hydrogen) atoms. The van der Waals surface area contributed by atoms with Gasteiger partial charge in [0.2, 0.25) is 0 Å². The molecule has 0 aliphatic heterocycles. The summed E-state index contributed by atoms with van der Waals surface area (Å²) in [6, 6.07) is 22.0. The molecule has 0 unspecified atom stereocenters. The van der Waals surface area contributed by atoms with Gasteiger partial charge in [-0.15, -0.1) is 0 Å². The first kappa shape index (κ1) is 19.9. The number of benzene rings is 4. The van der Waals surface area contributed by atoms with Crippen LogP contribution in [-0.2, 0) is 0 Å². The molecular weight excluding hydrogens is 407 g/mol. The van der Waals surface area contributed by atoms with Crippen molar-refractivity contribution < 1.29 is 18.6 Å². The minimum absolute atomic E-state index is 0.318. The zero-order valence-corrected chi connectivity index (χ0v) is 17.9. The lowest BCUT2D eigenvalue weighted by Gasteiger charge is -2.12. The van der Waals surface area contributed by atoms with E-state index in [4.69, 9.17) is 19.3 Å². The summed E-state index contributed by atoms with van der Waals surface area (Å²) in [5, 5.41) is 7.50. The Hall–Kier alpha value is -4.06. The number of ether oxygens (including phenoxy) is 3. The second kappa shape index (κ2) is 7.89. The number of methoxy groups -OCH3 is 3. The molecule has 0 N–H and O–H groups in total. The Kier molecular flexibility index (Phi) is 4.90.